The molecular formula is C15H15BrN2O. The summed E-state index contributed by atoms with van der Waals surface area (Å²) >= 11 is 3.35. The summed E-state index contributed by atoms with van der Waals surface area (Å²) in [4.78, 5) is 19.6. The van der Waals surface area contributed by atoms with E-state index in [2.05, 4.69) is 25.9 Å². The molecule has 0 radical (unpaired) electrons. The number of halogens is 1. The largest absolute Gasteiger partial charge is 0.309 e. The highest BCUT2D eigenvalue weighted by Crippen LogP contribution is 2.33. The summed E-state index contributed by atoms with van der Waals surface area (Å²) < 4.78 is 0.514. The Balaban J connectivity index is 2.11. The Labute approximate surface area is 120 Å². The summed E-state index contributed by atoms with van der Waals surface area (Å²) in [5, 5.41) is 0. The molecule has 1 aliphatic rings. The van der Waals surface area contributed by atoms with E-state index in [9.17, 15) is 4.79 Å². The van der Waals surface area contributed by atoms with E-state index < -0.39 is 0 Å². The number of nitrogens with one attached hydrogen (secondary N) is 1. The van der Waals surface area contributed by atoms with E-state index in [0.29, 0.717) is 10.4 Å². The van der Waals surface area contributed by atoms with Gasteiger partial charge in [-0.1, -0.05) is 43.2 Å². The quantitative estimate of drug-likeness (QED) is 0.914. The molecule has 1 aromatic carbocycles. The van der Waals surface area contributed by atoms with Crippen molar-refractivity contribution in [2.75, 3.05) is 0 Å². The van der Waals surface area contributed by atoms with Crippen molar-refractivity contribution in [3.8, 4) is 11.3 Å². The van der Waals surface area contributed by atoms with Crippen LogP contribution in [-0.2, 0) is 0 Å². The van der Waals surface area contributed by atoms with Gasteiger partial charge < -0.3 is 4.98 Å². The monoisotopic (exact) mass is 318 g/mol. The lowest BCUT2D eigenvalue weighted by atomic mass is 10.1. The Morgan fingerprint density at radius 3 is 2.53 bits per heavy atom. The second-order valence-corrected chi connectivity index (χ2v) is 5.75. The van der Waals surface area contributed by atoms with Crippen molar-refractivity contribution in [1.29, 1.82) is 0 Å². The predicted octanol–water partition coefficient (Wildman–Crippen LogP) is 3.86. The van der Waals surface area contributed by atoms with Crippen LogP contribution >= 0.6 is 15.9 Å². The molecule has 2 aromatic rings. The van der Waals surface area contributed by atoms with Crippen molar-refractivity contribution in [3.05, 3.63) is 51.0 Å². The third-order valence-electron chi connectivity index (χ3n) is 3.67. The Morgan fingerprint density at radius 1 is 1.16 bits per heavy atom. The Bertz CT molecular complexity index is 630. The normalized spacial score (nSPS) is 15.8. The Hall–Kier alpha value is -1.42. The molecule has 0 saturated heterocycles. The van der Waals surface area contributed by atoms with Crippen LogP contribution in [0.5, 0.6) is 0 Å². The summed E-state index contributed by atoms with van der Waals surface area (Å²) in [6.07, 6.45) is 4.70. The molecule has 4 heteroatoms. The minimum absolute atomic E-state index is 0.0873. The van der Waals surface area contributed by atoms with E-state index in [1.165, 1.54) is 12.8 Å². The molecule has 1 aliphatic carbocycles. The van der Waals surface area contributed by atoms with Crippen LogP contribution in [0.3, 0.4) is 0 Å². The average molecular weight is 319 g/mol. The van der Waals surface area contributed by atoms with E-state index in [1.54, 1.807) is 0 Å². The van der Waals surface area contributed by atoms with Gasteiger partial charge in [-0.15, -0.1) is 0 Å². The summed E-state index contributed by atoms with van der Waals surface area (Å²) in [5.41, 5.74) is 1.63. The molecule has 19 heavy (non-hydrogen) atoms. The molecule has 1 N–H and O–H groups in total. The maximum Gasteiger partial charge on any atom is 0.265 e. The third-order valence-corrected chi connectivity index (χ3v) is 4.41. The van der Waals surface area contributed by atoms with Crippen LogP contribution in [0.1, 0.15) is 37.4 Å². The van der Waals surface area contributed by atoms with Gasteiger partial charge in [0.1, 0.15) is 10.3 Å². The van der Waals surface area contributed by atoms with Crippen molar-refractivity contribution < 1.29 is 0 Å². The summed E-state index contributed by atoms with van der Waals surface area (Å²) in [6, 6.07) is 9.83. The lowest BCUT2D eigenvalue weighted by molar-refractivity contribution is 0.664. The fourth-order valence-electron chi connectivity index (χ4n) is 2.66. The van der Waals surface area contributed by atoms with Crippen LogP contribution in [0.2, 0.25) is 0 Å². The smallest absolute Gasteiger partial charge is 0.265 e. The highest BCUT2D eigenvalue weighted by molar-refractivity contribution is 9.10. The van der Waals surface area contributed by atoms with Crippen LogP contribution in [-0.4, -0.2) is 9.97 Å². The number of aromatic nitrogens is 2. The van der Waals surface area contributed by atoms with Gasteiger partial charge >= 0.3 is 0 Å². The molecule has 0 aliphatic heterocycles. The van der Waals surface area contributed by atoms with Gasteiger partial charge in [0.25, 0.3) is 5.56 Å². The van der Waals surface area contributed by atoms with Crippen molar-refractivity contribution in [3.63, 3.8) is 0 Å². The number of rotatable bonds is 2. The molecule has 1 saturated carbocycles. The van der Waals surface area contributed by atoms with Gasteiger partial charge in [0.2, 0.25) is 0 Å². The third kappa shape index (κ3) is 2.50. The summed E-state index contributed by atoms with van der Waals surface area (Å²) in [6.45, 7) is 0. The van der Waals surface area contributed by atoms with E-state index in [-0.39, 0.29) is 5.56 Å². The molecule has 0 spiro atoms. The van der Waals surface area contributed by atoms with Gasteiger partial charge in [-0.05, 0) is 28.8 Å². The molecule has 0 unspecified atom stereocenters. The number of hydrogen-bond acceptors (Lipinski definition) is 2. The number of benzene rings is 1. The van der Waals surface area contributed by atoms with Crippen molar-refractivity contribution in [2.24, 2.45) is 0 Å². The first-order valence-electron chi connectivity index (χ1n) is 6.61. The zero-order valence-electron chi connectivity index (χ0n) is 10.5. The van der Waals surface area contributed by atoms with Gasteiger partial charge in [-0.3, -0.25) is 4.79 Å². The number of aromatic amines is 1. The standard InChI is InChI=1S/C15H15BrN2O/c16-12-13(10-6-2-1-3-7-10)17-14(18-15(12)19)11-8-4-5-9-11/h1-3,6-7,11H,4-5,8-9H2,(H,17,18,19). The fraction of sp³-hybridized carbons (Fsp3) is 0.333. The van der Waals surface area contributed by atoms with E-state index >= 15 is 0 Å². The SMILES string of the molecule is O=c1[nH]c(C2CCCC2)nc(-c2ccccc2)c1Br. The van der Waals surface area contributed by atoms with Gasteiger partial charge in [-0.2, -0.15) is 0 Å². The number of hydrogen-bond donors (Lipinski definition) is 1. The molecule has 1 aromatic heterocycles. The molecule has 0 atom stereocenters. The number of nitrogens with zero attached hydrogens (tertiary/aromatic N) is 1. The predicted molar refractivity (Wildman–Crippen MR) is 79.2 cm³/mol. The second-order valence-electron chi connectivity index (χ2n) is 4.96. The molecule has 3 nitrogen and oxygen atoms in total. The molecular weight excluding hydrogens is 304 g/mol. The van der Waals surface area contributed by atoms with Gasteiger partial charge in [0.05, 0.1) is 5.69 Å². The fourth-order valence-corrected chi connectivity index (χ4v) is 3.07. The molecule has 3 rings (SSSR count). The van der Waals surface area contributed by atoms with E-state index in [4.69, 9.17) is 0 Å². The Kier molecular flexibility index (Phi) is 3.51. The topological polar surface area (TPSA) is 45.8 Å². The first-order chi connectivity index (χ1) is 9.25. The maximum atomic E-state index is 12.0. The molecule has 1 heterocycles. The minimum Gasteiger partial charge on any atom is -0.309 e. The van der Waals surface area contributed by atoms with E-state index in [0.717, 1.165) is 29.9 Å². The summed E-state index contributed by atoms with van der Waals surface area (Å²) in [5.74, 6) is 1.24. The van der Waals surface area contributed by atoms with Gasteiger partial charge in [0, 0.05) is 11.5 Å². The van der Waals surface area contributed by atoms with Gasteiger partial charge in [-0.25, -0.2) is 4.98 Å². The van der Waals surface area contributed by atoms with Crippen LogP contribution in [0, 0.1) is 0 Å². The maximum absolute atomic E-state index is 12.0. The number of H-pyrrole nitrogens is 1. The van der Waals surface area contributed by atoms with Crippen molar-refractivity contribution in [1.82, 2.24) is 9.97 Å². The lowest BCUT2D eigenvalue weighted by Crippen LogP contribution is -2.15. The first kappa shape index (κ1) is 12.6. The molecule has 0 bridgehead atoms. The van der Waals surface area contributed by atoms with Crippen molar-refractivity contribution >= 4 is 15.9 Å². The minimum atomic E-state index is -0.0873. The molecule has 98 valence electrons. The second kappa shape index (κ2) is 5.29. The van der Waals surface area contributed by atoms with Crippen LogP contribution in [0.15, 0.2) is 39.6 Å². The van der Waals surface area contributed by atoms with Crippen LogP contribution in [0.4, 0.5) is 0 Å². The average Bonchev–Trinajstić information content (AvgIpc) is 2.97. The van der Waals surface area contributed by atoms with Crippen LogP contribution in [0.25, 0.3) is 11.3 Å². The molecule has 1 fully saturated rings. The van der Waals surface area contributed by atoms with Gasteiger partial charge in [0.15, 0.2) is 0 Å². The van der Waals surface area contributed by atoms with E-state index in [1.807, 2.05) is 30.3 Å². The Morgan fingerprint density at radius 2 is 1.84 bits per heavy atom. The zero-order valence-corrected chi connectivity index (χ0v) is 12.1. The molecule has 0 amide bonds. The highest BCUT2D eigenvalue weighted by Gasteiger charge is 2.21. The highest BCUT2D eigenvalue weighted by atomic mass is 79.9. The van der Waals surface area contributed by atoms with Crippen molar-refractivity contribution in [2.45, 2.75) is 31.6 Å². The summed E-state index contributed by atoms with van der Waals surface area (Å²) in [7, 11) is 0. The zero-order chi connectivity index (χ0) is 13.2. The van der Waals surface area contributed by atoms with Crippen LogP contribution < -0.4 is 5.56 Å². The lowest BCUT2D eigenvalue weighted by Gasteiger charge is -2.11. The first-order valence-corrected chi connectivity index (χ1v) is 7.40.